The summed E-state index contributed by atoms with van der Waals surface area (Å²) in [6.07, 6.45) is 0.269. The first-order valence-electron chi connectivity index (χ1n) is 11.5. The van der Waals surface area contributed by atoms with E-state index in [2.05, 4.69) is 10.6 Å². The van der Waals surface area contributed by atoms with Crippen molar-refractivity contribution in [3.05, 3.63) is 83.4 Å². The Kier molecular flexibility index (Phi) is 11.0. The highest BCUT2D eigenvalue weighted by molar-refractivity contribution is 5.97. The average molecular weight is 525 g/mol. The van der Waals surface area contributed by atoms with Gasteiger partial charge in [0.1, 0.15) is 12.6 Å². The Bertz CT molecular complexity index is 1250. The number of benzene rings is 3. The Balaban J connectivity index is 0.00000507. The third kappa shape index (κ3) is 8.74. The summed E-state index contributed by atoms with van der Waals surface area (Å²) in [5, 5.41) is 43.3. The van der Waals surface area contributed by atoms with E-state index in [0.717, 1.165) is 17.7 Å². The molecule has 0 saturated carbocycles. The molecule has 0 radical (unpaired) electrons. The molecule has 1 atom stereocenters. The van der Waals surface area contributed by atoms with Crippen LogP contribution < -0.4 is 10.6 Å². The number of carbonyl (C=O) groups is 3. The second kappa shape index (κ2) is 14.1. The molecule has 3 rings (SSSR count). The van der Waals surface area contributed by atoms with E-state index in [9.17, 15) is 34.8 Å². The smallest absolute Gasteiger partial charge is 0.328 e. The van der Waals surface area contributed by atoms with Crippen molar-refractivity contribution in [1.29, 1.82) is 0 Å². The number of esters is 1. The summed E-state index contributed by atoms with van der Waals surface area (Å²) in [4.78, 5) is 37.8. The first-order valence-corrected chi connectivity index (χ1v) is 11.5. The van der Waals surface area contributed by atoms with Gasteiger partial charge in [-0.25, -0.2) is 4.79 Å². The van der Waals surface area contributed by atoms with Crippen LogP contribution >= 0.6 is 0 Å². The van der Waals surface area contributed by atoms with Gasteiger partial charge in [-0.1, -0.05) is 43.8 Å². The van der Waals surface area contributed by atoms with E-state index in [1.807, 2.05) is 6.07 Å². The second-order valence-corrected chi connectivity index (χ2v) is 8.28. The van der Waals surface area contributed by atoms with E-state index in [4.69, 9.17) is 4.74 Å². The molecule has 0 aliphatic rings. The normalized spacial score (nSPS) is 11.1. The summed E-state index contributed by atoms with van der Waals surface area (Å²) in [6, 6.07) is 15.7. The van der Waals surface area contributed by atoms with Crippen LogP contribution in [-0.4, -0.2) is 50.8 Å². The minimum Gasteiger partial charge on any atom is -0.504 e. The second-order valence-electron chi connectivity index (χ2n) is 8.28. The Morgan fingerprint density at radius 3 is 2.11 bits per heavy atom. The average Bonchev–Trinajstić information content (AvgIpc) is 2.89. The zero-order chi connectivity index (χ0) is 26.8. The van der Waals surface area contributed by atoms with E-state index in [-0.39, 0.29) is 56.4 Å². The van der Waals surface area contributed by atoms with Gasteiger partial charge in [0.25, 0.3) is 5.91 Å². The lowest BCUT2D eigenvalue weighted by atomic mass is 10.1. The third-order valence-electron chi connectivity index (χ3n) is 5.49. The first kappa shape index (κ1) is 29.5. The predicted octanol–water partition coefficient (Wildman–Crippen LogP) is 3.13. The first-order chi connectivity index (χ1) is 17.7. The minimum atomic E-state index is -1.15. The van der Waals surface area contributed by atoms with Crippen molar-refractivity contribution in [3.8, 4) is 23.0 Å². The molecule has 2 amide bonds. The molecule has 0 spiro atoms. The van der Waals surface area contributed by atoms with Gasteiger partial charge in [0.15, 0.2) is 23.0 Å². The van der Waals surface area contributed by atoms with E-state index in [1.165, 1.54) is 18.2 Å². The molecular weight excluding hydrogens is 492 g/mol. The van der Waals surface area contributed by atoms with Gasteiger partial charge in [0.05, 0.1) is 0 Å². The largest absolute Gasteiger partial charge is 0.504 e. The van der Waals surface area contributed by atoms with Crippen LogP contribution in [-0.2, 0) is 27.4 Å². The van der Waals surface area contributed by atoms with Crippen molar-refractivity contribution in [1.82, 2.24) is 10.6 Å². The molecule has 0 aromatic heterocycles. The molecule has 0 unspecified atom stereocenters. The molecule has 6 N–H and O–H groups in total. The molecule has 0 fully saturated rings. The van der Waals surface area contributed by atoms with Crippen LogP contribution in [0, 0.1) is 0 Å². The van der Waals surface area contributed by atoms with Crippen molar-refractivity contribution in [2.75, 3.05) is 6.54 Å². The molecule has 3 aromatic rings. The van der Waals surface area contributed by atoms with Crippen molar-refractivity contribution < 1.29 is 39.5 Å². The maximum absolute atomic E-state index is 12.8. The summed E-state index contributed by atoms with van der Waals surface area (Å²) in [5.41, 5.74) is 1.47. The fourth-order valence-electron chi connectivity index (χ4n) is 3.42. The molecule has 202 valence electrons. The zero-order valence-electron chi connectivity index (χ0n) is 19.9. The predicted molar refractivity (Wildman–Crippen MR) is 140 cm³/mol. The summed E-state index contributed by atoms with van der Waals surface area (Å²) in [7, 11) is 0. The van der Waals surface area contributed by atoms with Crippen LogP contribution in [0.2, 0.25) is 0 Å². The van der Waals surface area contributed by atoms with E-state index >= 15 is 0 Å². The minimum absolute atomic E-state index is 0. The summed E-state index contributed by atoms with van der Waals surface area (Å²) < 4.78 is 5.34. The molecule has 38 heavy (non-hydrogen) atoms. The zero-order valence-corrected chi connectivity index (χ0v) is 19.9. The Morgan fingerprint density at radius 2 is 1.45 bits per heavy atom. The lowest BCUT2D eigenvalue weighted by Gasteiger charge is -2.18. The number of aromatic hydroxyl groups is 4. The number of rotatable bonds is 11. The molecule has 0 aliphatic carbocycles. The van der Waals surface area contributed by atoms with Gasteiger partial charge in [0, 0.05) is 18.5 Å². The summed E-state index contributed by atoms with van der Waals surface area (Å²) in [5.74, 6) is -3.15. The Morgan fingerprint density at radius 1 is 0.789 bits per heavy atom. The third-order valence-corrected chi connectivity index (χ3v) is 5.49. The van der Waals surface area contributed by atoms with Gasteiger partial charge >= 0.3 is 5.97 Å². The number of hydrogen-bond acceptors (Lipinski definition) is 8. The van der Waals surface area contributed by atoms with Crippen LogP contribution in [0.3, 0.4) is 0 Å². The van der Waals surface area contributed by atoms with Gasteiger partial charge in [-0.3, -0.25) is 9.59 Å². The molecule has 0 aliphatic heterocycles. The van der Waals surface area contributed by atoms with E-state index in [1.54, 1.807) is 30.3 Å². The van der Waals surface area contributed by atoms with Crippen LogP contribution in [0.15, 0.2) is 66.7 Å². The fourth-order valence-corrected chi connectivity index (χ4v) is 3.42. The maximum Gasteiger partial charge on any atom is 0.328 e. The van der Waals surface area contributed by atoms with Crippen LogP contribution in [0.25, 0.3) is 0 Å². The molecule has 0 saturated heterocycles. The van der Waals surface area contributed by atoms with Crippen LogP contribution in [0.1, 0.15) is 41.8 Å². The van der Waals surface area contributed by atoms with Gasteiger partial charge in [-0.05, 0) is 54.3 Å². The highest BCUT2D eigenvalue weighted by atomic mass is 16.5. The van der Waals surface area contributed by atoms with Crippen molar-refractivity contribution in [2.24, 2.45) is 0 Å². The number of ether oxygens (including phenoxy) is 1. The van der Waals surface area contributed by atoms with Crippen molar-refractivity contribution in [2.45, 2.75) is 39.3 Å². The van der Waals surface area contributed by atoms with Gasteiger partial charge in [-0.2, -0.15) is 0 Å². The van der Waals surface area contributed by atoms with Gasteiger partial charge < -0.3 is 35.8 Å². The Labute approximate surface area is 220 Å². The maximum atomic E-state index is 12.8. The summed E-state index contributed by atoms with van der Waals surface area (Å²) in [6.45, 7) is 0.239. The Hall–Kier alpha value is -4.73. The molecule has 0 bridgehead atoms. The monoisotopic (exact) mass is 524 g/mol. The highest BCUT2D eigenvalue weighted by Gasteiger charge is 2.24. The van der Waals surface area contributed by atoms with Crippen LogP contribution in [0.4, 0.5) is 0 Å². The van der Waals surface area contributed by atoms with E-state index in [0.29, 0.717) is 12.0 Å². The highest BCUT2D eigenvalue weighted by Crippen LogP contribution is 2.25. The number of phenols is 4. The topological polar surface area (TPSA) is 165 Å². The quantitative estimate of drug-likeness (QED) is 0.164. The number of carbonyl (C=O) groups excluding carboxylic acids is 3. The van der Waals surface area contributed by atoms with Gasteiger partial charge in [0.2, 0.25) is 5.91 Å². The van der Waals surface area contributed by atoms with Crippen LogP contribution in [0.5, 0.6) is 23.0 Å². The molecule has 0 heterocycles. The molecule has 3 aromatic carbocycles. The fraction of sp³-hybridized carbons (Fsp3) is 0.250. The van der Waals surface area contributed by atoms with Gasteiger partial charge in [-0.15, -0.1) is 0 Å². The number of hydrogen-bond donors (Lipinski definition) is 6. The summed E-state index contributed by atoms with van der Waals surface area (Å²) >= 11 is 0. The standard InChI is InChI=1S/C27H28N2O8.CH4/c30-21-9-6-17(14-23(21)32)12-13-28-25(34)11-8-20(27(36)37-16-18-4-2-1-3-5-18)29-26(35)19-7-10-22(31)24(33)15-19;/h1-7,9-10,14-15,20,30-33H,8,11-13,16H2,(H,28,34)(H,29,35);1H4/t20-;/m0./s1. The van der Waals surface area contributed by atoms with Crippen molar-refractivity contribution >= 4 is 17.8 Å². The molecule has 10 heteroatoms. The number of amides is 2. The molecular formula is C28H32N2O8. The lowest BCUT2D eigenvalue weighted by Crippen LogP contribution is -2.42. The SMILES string of the molecule is C.O=C(CC[C@H](NC(=O)c1ccc(O)c(O)c1)C(=O)OCc1ccccc1)NCCc1ccc(O)c(O)c1. The van der Waals surface area contributed by atoms with Crippen molar-refractivity contribution in [3.63, 3.8) is 0 Å². The van der Waals surface area contributed by atoms with E-state index < -0.39 is 29.4 Å². The molecule has 10 nitrogen and oxygen atoms in total. The lowest BCUT2D eigenvalue weighted by molar-refractivity contribution is -0.147. The number of nitrogens with one attached hydrogen (secondary N) is 2. The number of phenolic OH excluding ortho intramolecular Hbond substituents is 4.